The number of benzene rings is 1. The molecule has 1 aromatic rings. The van der Waals surface area contributed by atoms with E-state index < -0.39 is 9.84 Å². The number of aliphatic hydroxyl groups excluding tert-OH is 1. The zero-order valence-corrected chi connectivity index (χ0v) is 9.50. The molecule has 0 saturated heterocycles. The van der Waals surface area contributed by atoms with Gasteiger partial charge in [0.2, 0.25) is 9.84 Å². The van der Waals surface area contributed by atoms with Crippen LogP contribution in [0.15, 0.2) is 34.6 Å². The summed E-state index contributed by atoms with van der Waals surface area (Å²) in [5.41, 5.74) is 1.32. The largest absolute Gasteiger partial charge is 0.396 e. The Morgan fingerprint density at radius 3 is 2.75 bits per heavy atom. The van der Waals surface area contributed by atoms with Crippen LogP contribution in [-0.4, -0.2) is 26.7 Å². The molecule has 16 heavy (non-hydrogen) atoms. The summed E-state index contributed by atoms with van der Waals surface area (Å²) in [5, 5.41) is 12.9. The molecule has 1 aliphatic heterocycles. The van der Waals surface area contributed by atoms with E-state index in [2.05, 4.69) is 5.32 Å². The van der Waals surface area contributed by atoms with Crippen molar-refractivity contribution in [3.63, 3.8) is 0 Å². The molecule has 0 fully saturated rings. The number of hydrogen-bond donors (Lipinski definition) is 2. The van der Waals surface area contributed by atoms with Gasteiger partial charge in [-0.25, -0.2) is 8.42 Å². The van der Waals surface area contributed by atoms with Crippen LogP contribution in [0, 0.1) is 0 Å². The molecule has 0 aromatic heterocycles. The molecule has 0 saturated carbocycles. The third kappa shape index (κ3) is 1.96. The molecule has 2 rings (SSSR count). The van der Waals surface area contributed by atoms with Crippen LogP contribution in [0.4, 0.5) is 0 Å². The summed E-state index contributed by atoms with van der Waals surface area (Å²) in [4.78, 5) is 0.349. The first-order valence-electron chi connectivity index (χ1n) is 5.06. The molecule has 0 radical (unpaired) electrons. The fraction of sp³-hybridized carbons (Fsp3) is 0.273. The number of sulfone groups is 1. The van der Waals surface area contributed by atoms with Crippen molar-refractivity contribution in [1.29, 1.82) is 0 Å². The van der Waals surface area contributed by atoms with Gasteiger partial charge in [0.05, 0.1) is 16.0 Å². The van der Waals surface area contributed by atoms with Crippen LogP contribution in [0.3, 0.4) is 0 Å². The predicted molar refractivity (Wildman–Crippen MR) is 61.3 cm³/mol. The SMILES string of the molecule is O=S1(=O)C=C(NCCCO)c2ccccc21. The highest BCUT2D eigenvalue weighted by Gasteiger charge is 2.25. The van der Waals surface area contributed by atoms with Crippen molar-refractivity contribution >= 4 is 15.5 Å². The number of hydrogen-bond acceptors (Lipinski definition) is 4. The van der Waals surface area contributed by atoms with Gasteiger partial charge in [-0.2, -0.15) is 0 Å². The van der Waals surface area contributed by atoms with Crippen molar-refractivity contribution in [3.05, 3.63) is 35.2 Å². The van der Waals surface area contributed by atoms with Gasteiger partial charge < -0.3 is 10.4 Å². The van der Waals surface area contributed by atoms with Crippen LogP contribution >= 0.6 is 0 Å². The fourth-order valence-corrected chi connectivity index (χ4v) is 3.06. The standard InChI is InChI=1S/C11H13NO3S/c13-7-3-6-12-10-8-16(14,15)11-5-2-1-4-9(10)11/h1-2,4-5,8,12-13H,3,6-7H2. The van der Waals surface area contributed by atoms with Gasteiger partial charge >= 0.3 is 0 Å². The Morgan fingerprint density at radius 2 is 2.00 bits per heavy atom. The second-order valence-electron chi connectivity index (χ2n) is 3.58. The molecule has 0 bridgehead atoms. The zero-order valence-electron chi connectivity index (χ0n) is 8.68. The molecule has 1 aromatic carbocycles. The first-order valence-corrected chi connectivity index (χ1v) is 6.61. The highest BCUT2D eigenvalue weighted by Crippen LogP contribution is 2.31. The van der Waals surface area contributed by atoms with Crippen molar-refractivity contribution in [2.24, 2.45) is 0 Å². The Labute approximate surface area is 94.5 Å². The van der Waals surface area contributed by atoms with E-state index in [-0.39, 0.29) is 6.61 Å². The third-order valence-electron chi connectivity index (χ3n) is 2.41. The molecule has 86 valence electrons. The van der Waals surface area contributed by atoms with Crippen LogP contribution in [0.1, 0.15) is 12.0 Å². The second kappa shape index (κ2) is 4.27. The molecule has 1 heterocycles. The summed E-state index contributed by atoms with van der Waals surface area (Å²) in [6.07, 6.45) is 0.597. The number of rotatable bonds is 4. The molecular weight excluding hydrogens is 226 g/mol. The van der Waals surface area contributed by atoms with Gasteiger partial charge in [0.15, 0.2) is 0 Å². The summed E-state index contributed by atoms with van der Waals surface area (Å²) in [5.74, 6) is 0. The smallest absolute Gasteiger partial charge is 0.202 e. The zero-order chi connectivity index (χ0) is 11.6. The lowest BCUT2D eigenvalue weighted by Crippen LogP contribution is -2.13. The summed E-state index contributed by atoms with van der Waals surface area (Å²) in [6.45, 7) is 0.654. The minimum Gasteiger partial charge on any atom is -0.396 e. The minimum absolute atomic E-state index is 0.0919. The first kappa shape index (κ1) is 11.2. The molecule has 0 amide bonds. The lowest BCUT2D eigenvalue weighted by molar-refractivity contribution is 0.288. The topological polar surface area (TPSA) is 66.4 Å². The van der Waals surface area contributed by atoms with E-state index in [0.29, 0.717) is 29.1 Å². The maximum Gasteiger partial charge on any atom is 0.202 e. The monoisotopic (exact) mass is 239 g/mol. The van der Waals surface area contributed by atoms with Gasteiger partial charge in [0, 0.05) is 18.7 Å². The molecule has 2 N–H and O–H groups in total. The molecule has 0 atom stereocenters. The number of nitrogens with one attached hydrogen (secondary N) is 1. The van der Waals surface area contributed by atoms with Gasteiger partial charge in [0.25, 0.3) is 0 Å². The quantitative estimate of drug-likeness (QED) is 0.761. The van der Waals surface area contributed by atoms with E-state index in [9.17, 15) is 8.42 Å². The average Bonchev–Trinajstić information content (AvgIpc) is 2.52. The fourth-order valence-electron chi connectivity index (χ4n) is 1.66. The lowest BCUT2D eigenvalue weighted by atomic mass is 10.2. The Bertz CT molecular complexity index is 520. The minimum atomic E-state index is -3.28. The van der Waals surface area contributed by atoms with Crippen LogP contribution in [0.25, 0.3) is 5.70 Å². The summed E-state index contributed by atoms with van der Waals surface area (Å²) < 4.78 is 23.5. The normalized spacial score (nSPS) is 16.7. The van der Waals surface area contributed by atoms with Crippen molar-refractivity contribution in [2.75, 3.05) is 13.2 Å². The van der Waals surface area contributed by atoms with E-state index >= 15 is 0 Å². The van der Waals surface area contributed by atoms with Crippen molar-refractivity contribution < 1.29 is 13.5 Å². The molecule has 4 nitrogen and oxygen atoms in total. The van der Waals surface area contributed by atoms with Crippen molar-refractivity contribution in [1.82, 2.24) is 5.32 Å². The van der Waals surface area contributed by atoms with E-state index in [1.165, 1.54) is 5.41 Å². The maximum atomic E-state index is 11.7. The first-order chi connectivity index (χ1) is 7.65. The Hall–Kier alpha value is -1.33. The van der Waals surface area contributed by atoms with Gasteiger partial charge in [-0.05, 0) is 12.5 Å². The molecule has 1 aliphatic rings. The number of fused-ring (bicyclic) bond motifs is 1. The Morgan fingerprint density at radius 1 is 1.25 bits per heavy atom. The molecular formula is C11H13NO3S. The Balaban J connectivity index is 2.29. The van der Waals surface area contributed by atoms with Crippen LogP contribution in [-0.2, 0) is 9.84 Å². The predicted octanol–water partition coefficient (Wildman–Crippen LogP) is 0.744. The van der Waals surface area contributed by atoms with E-state index in [1.54, 1.807) is 24.3 Å². The third-order valence-corrected chi connectivity index (χ3v) is 3.92. The van der Waals surface area contributed by atoms with Gasteiger partial charge in [-0.1, -0.05) is 18.2 Å². The molecule has 0 aliphatic carbocycles. The van der Waals surface area contributed by atoms with Crippen LogP contribution in [0.2, 0.25) is 0 Å². The van der Waals surface area contributed by atoms with Crippen molar-refractivity contribution in [3.8, 4) is 0 Å². The highest BCUT2D eigenvalue weighted by atomic mass is 32.2. The molecule has 0 spiro atoms. The summed E-state index contributed by atoms with van der Waals surface area (Å²) in [6, 6.07) is 6.89. The highest BCUT2D eigenvalue weighted by molar-refractivity contribution is 7.94. The Kier molecular flexibility index (Phi) is 2.98. The molecule has 0 unspecified atom stereocenters. The van der Waals surface area contributed by atoms with Crippen LogP contribution in [0.5, 0.6) is 0 Å². The van der Waals surface area contributed by atoms with Crippen molar-refractivity contribution in [2.45, 2.75) is 11.3 Å². The molecule has 5 heteroatoms. The number of aliphatic hydroxyl groups is 1. The van der Waals surface area contributed by atoms with Gasteiger partial charge in [0.1, 0.15) is 0 Å². The van der Waals surface area contributed by atoms with E-state index in [1.807, 2.05) is 0 Å². The maximum absolute atomic E-state index is 11.7. The lowest BCUT2D eigenvalue weighted by Gasteiger charge is -2.06. The van der Waals surface area contributed by atoms with Gasteiger partial charge in [-0.3, -0.25) is 0 Å². The average molecular weight is 239 g/mol. The summed E-state index contributed by atoms with van der Waals surface area (Å²) >= 11 is 0. The van der Waals surface area contributed by atoms with E-state index in [4.69, 9.17) is 5.11 Å². The van der Waals surface area contributed by atoms with Gasteiger partial charge in [-0.15, -0.1) is 0 Å². The van der Waals surface area contributed by atoms with Crippen LogP contribution < -0.4 is 5.32 Å². The van der Waals surface area contributed by atoms with E-state index in [0.717, 1.165) is 0 Å². The summed E-state index contributed by atoms with van der Waals surface area (Å²) in [7, 11) is -3.28. The second-order valence-corrected chi connectivity index (χ2v) is 5.34.